The lowest BCUT2D eigenvalue weighted by Gasteiger charge is -2.33. The van der Waals surface area contributed by atoms with Gasteiger partial charge in [-0.05, 0) is 56.4 Å². The van der Waals surface area contributed by atoms with Crippen LogP contribution in [0.15, 0.2) is 0 Å². The Morgan fingerprint density at radius 1 is 1.24 bits per heavy atom. The molecule has 2 unspecified atom stereocenters. The van der Waals surface area contributed by atoms with Crippen LogP contribution in [0.25, 0.3) is 0 Å². The Morgan fingerprint density at radius 2 is 2.10 bits per heavy atom. The highest BCUT2D eigenvalue weighted by Gasteiger charge is 2.31. The summed E-state index contributed by atoms with van der Waals surface area (Å²) in [6.45, 7) is 9.26. The highest BCUT2D eigenvalue weighted by molar-refractivity contribution is 5.15. The number of hydrogen-bond donors (Lipinski definition) is 1. The zero-order valence-corrected chi connectivity index (χ0v) is 13.9. The Morgan fingerprint density at radius 3 is 2.81 bits per heavy atom. The molecular weight excluding hydrogens is 260 g/mol. The van der Waals surface area contributed by atoms with Crippen LogP contribution in [0.3, 0.4) is 0 Å². The van der Waals surface area contributed by atoms with E-state index in [2.05, 4.69) is 41.1 Å². The van der Waals surface area contributed by atoms with Crippen molar-refractivity contribution in [3.05, 3.63) is 11.4 Å². The molecule has 118 valence electrons. The van der Waals surface area contributed by atoms with Crippen LogP contribution in [0.2, 0.25) is 0 Å². The topological polar surface area (TPSA) is 42.7 Å². The molecule has 4 nitrogen and oxygen atoms in total. The number of nitrogens with one attached hydrogen (secondary N) is 1. The van der Waals surface area contributed by atoms with E-state index in [1.807, 2.05) is 0 Å². The SMILES string of the molecule is CC(C)(C)C1CCc2c(nnn2CCC2CCCCN2)C1. The van der Waals surface area contributed by atoms with E-state index in [4.69, 9.17) is 0 Å². The average molecular weight is 290 g/mol. The van der Waals surface area contributed by atoms with Crippen molar-refractivity contribution < 1.29 is 0 Å². The van der Waals surface area contributed by atoms with Gasteiger partial charge in [-0.15, -0.1) is 5.10 Å². The van der Waals surface area contributed by atoms with Gasteiger partial charge in [0.25, 0.3) is 0 Å². The van der Waals surface area contributed by atoms with E-state index >= 15 is 0 Å². The van der Waals surface area contributed by atoms with Crippen LogP contribution < -0.4 is 5.32 Å². The van der Waals surface area contributed by atoms with Gasteiger partial charge in [-0.1, -0.05) is 32.4 Å². The smallest absolute Gasteiger partial charge is 0.0862 e. The summed E-state index contributed by atoms with van der Waals surface area (Å²) in [6.07, 6.45) is 8.78. The molecule has 0 radical (unpaired) electrons. The highest BCUT2D eigenvalue weighted by atomic mass is 15.4. The number of aryl methyl sites for hydroxylation is 1. The Hall–Kier alpha value is -0.900. The van der Waals surface area contributed by atoms with E-state index < -0.39 is 0 Å². The van der Waals surface area contributed by atoms with E-state index in [1.165, 1.54) is 50.0 Å². The third kappa shape index (κ3) is 3.47. The van der Waals surface area contributed by atoms with Crippen molar-refractivity contribution in [1.29, 1.82) is 0 Å². The molecule has 1 aromatic rings. The number of aromatic nitrogens is 3. The number of fused-ring (bicyclic) bond motifs is 1. The van der Waals surface area contributed by atoms with Crippen LogP contribution in [0.5, 0.6) is 0 Å². The third-order valence-electron chi connectivity index (χ3n) is 5.41. The van der Waals surface area contributed by atoms with Gasteiger partial charge >= 0.3 is 0 Å². The third-order valence-corrected chi connectivity index (χ3v) is 5.41. The van der Waals surface area contributed by atoms with Crippen LogP contribution >= 0.6 is 0 Å². The molecule has 4 heteroatoms. The predicted octanol–water partition coefficient (Wildman–Crippen LogP) is 2.96. The number of piperidine rings is 1. The average Bonchev–Trinajstić information content (AvgIpc) is 2.87. The van der Waals surface area contributed by atoms with Crippen molar-refractivity contribution in [2.45, 2.75) is 78.3 Å². The van der Waals surface area contributed by atoms with Gasteiger partial charge in [-0.2, -0.15) is 0 Å². The molecule has 2 aliphatic rings. The fraction of sp³-hybridized carbons (Fsp3) is 0.882. The van der Waals surface area contributed by atoms with E-state index in [1.54, 1.807) is 0 Å². The molecule has 3 rings (SSSR count). The van der Waals surface area contributed by atoms with Gasteiger partial charge in [0.05, 0.1) is 11.4 Å². The van der Waals surface area contributed by atoms with Crippen LogP contribution in [0.1, 0.15) is 64.3 Å². The Bertz CT molecular complexity index is 466. The van der Waals surface area contributed by atoms with E-state index in [9.17, 15) is 0 Å². The van der Waals surface area contributed by atoms with E-state index in [0.717, 1.165) is 25.3 Å². The molecule has 1 aromatic heterocycles. The molecule has 0 aromatic carbocycles. The second-order valence-electron chi connectivity index (χ2n) is 7.95. The maximum absolute atomic E-state index is 4.48. The van der Waals surface area contributed by atoms with Crippen molar-refractivity contribution in [2.75, 3.05) is 6.54 Å². The number of rotatable bonds is 3. The van der Waals surface area contributed by atoms with Crippen LogP contribution in [-0.4, -0.2) is 27.6 Å². The van der Waals surface area contributed by atoms with E-state index in [0.29, 0.717) is 11.5 Å². The van der Waals surface area contributed by atoms with Gasteiger partial charge in [-0.3, -0.25) is 0 Å². The quantitative estimate of drug-likeness (QED) is 0.930. The van der Waals surface area contributed by atoms with Crippen LogP contribution in [0.4, 0.5) is 0 Å². The lowest BCUT2D eigenvalue weighted by molar-refractivity contribution is 0.212. The first-order valence-corrected chi connectivity index (χ1v) is 8.68. The lowest BCUT2D eigenvalue weighted by Crippen LogP contribution is -2.35. The van der Waals surface area contributed by atoms with Crippen LogP contribution in [-0.2, 0) is 19.4 Å². The van der Waals surface area contributed by atoms with Crippen molar-refractivity contribution in [3.8, 4) is 0 Å². The Labute approximate surface area is 128 Å². The summed E-state index contributed by atoms with van der Waals surface area (Å²) in [5.41, 5.74) is 3.05. The lowest BCUT2D eigenvalue weighted by atomic mass is 9.73. The molecule has 2 atom stereocenters. The maximum atomic E-state index is 4.48. The van der Waals surface area contributed by atoms with Gasteiger partial charge in [0.2, 0.25) is 0 Å². The second-order valence-corrected chi connectivity index (χ2v) is 7.95. The van der Waals surface area contributed by atoms with Crippen molar-refractivity contribution in [1.82, 2.24) is 20.3 Å². The molecule has 1 aliphatic heterocycles. The van der Waals surface area contributed by atoms with Crippen molar-refractivity contribution in [3.63, 3.8) is 0 Å². The Kier molecular flexibility index (Phi) is 4.34. The zero-order chi connectivity index (χ0) is 14.9. The standard InChI is InChI=1S/C17H30N4/c1-17(2,3)13-7-8-16-15(12-13)19-20-21(16)11-9-14-6-4-5-10-18-14/h13-14,18H,4-12H2,1-3H3. The van der Waals surface area contributed by atoms with Crippen molar-refractivity contribution >= 4 is 0 Å². The first kappa shape index (κ1) is 15.0. The largest absolute Gasteiger partial charge is 0.314 e. The van der Waals surface area contributed by atoms with Crippen molar-refractivity contribution in [2.24, 2.45) is 11.3 Å². The highest BCUT2D eigenvalue weighted by Crippen LogP contribution is 2.36. The summed E-state index contributed by atoms with van der Waals surface area (Å²) >= 11 is 0. The molecule has 0 spiro atoms. The summed E-state index contributed by atoms with van der Waals surface area (Å²) in [4.78, 5) is 0. The molecule has 0 bridgehead atoms. The molecule has 21 heavy (non-hydrogen) atoms. The molecular formula is C17H30N4. The van der Waals surface area contributed by atoms with Gasteiger partial charge in [0.1, 0.15) is 0 Å². The normalized spacial score (nSPS) is 26.6. The summed E-state index contributed by atoms with van der Waals surface area (Å²) in [5, 5.41) is 12.5. The fourth-order valence-electron chi connectivity index (χ4n) is 3.81. The molecule has 1 fully saturated rings. The first-order valence-electron chi connectivity index (χ1n) is 8.68. The zero-order valence-electron chi connectivity index (χ0n) is 13.9. The van der Waals surface area contributed by atoms with Gasteiger partial charge in [-0.25, -0.2) is 4.68 Å². The first-order chi connectivity index (χ1) is 10.0. The molecule has 2 heterocycles. The molecule has 1 saturated heterocycles. The van der Waals surface area contributed by atoms with Gasteiger partial charge < -0.3 is 5.32 Å². The summed E-state index contributed by atoms with van der Waals surface area (Å²) in [7, 11) is 0. The number of nitrogens with zero attached hydrogens (tertiary/aromatic N) is 3. The van der Waals surface area contributed by atoms with E-state index in [-0.39, 0.29) is 0 Å². The minimum Gasteiger partial charge on any atom is -0.314 e. The van der Waals surface area contributed by atoms with Gasteiger partial charge in [0.15, 0.2) is 0 Å². The molecule has 0 saturated carbocycles. The molecule has 1 N–H and O–H groups in total. The maximum Gasteiger partial charge on any atom is 0.0862 e. The Balaban J connectivity index is 1.60. The summed E-state index contributed by atoms with van der Waals surface area (Å²) in [5.74, 6) is 0.746. The fourth-order valence-corrected chi connectivity index (χ4v) is 3.81. The minimum absolute atomic E-state index is 0.382. The summed E-state index contributed by atoms with van der Waals surface area (Å²) < 4.78 is 2.19. The second kappa shape index (κ2) is 6.07. The minimum atomic E-state index is 0.382. The monoisotopic (exact) mass is 290 g/mol. The predicted molar refractivity (Wildman–Crippen MR) is 85.3 cm³/mol. The number of hydrogen-bond acceptors (Lipinski definition) is 3. The van der Waals surface area contributed by atoms with Gasteiger partial charge in [0, 0.05) is 12.6 Å². The molecule has 1 aliphatic carbocycles. The molecule has 0 amide bonds. The summed E-state index contributed by atoms with van der Waals surface area (Å²) in [6, 6.07) is 0.685. The van der Waals surface area contributed by atoms with Crippen LogP contribution in [0, 0.1) is 11.3 Å².